The zero-order valence-electron chi connectivity index (χ0n) is 18.2. The fraction of sp³-hybridized carbons (Fsp3) is 0.0645. The Kier molecular flexibility index (Phi) is 5.29. The largest absolute Gasteiger partial charge is 0.264 e. The topological polar surface area (TPSA) is 12.9 Å². The van der Waals surface area contributed by atoms with Crippen molar-refractivity contribution in [3.8, 4) is 22.3 Å². The average Bonchev–Trinajstić information content (AvgIpc) is 2.90. The molecule has 0 saturated carbocycles. The highest BCUT2D eigenvalue weighted by Crippen LogP contribution is 2.37. The molecule has 158 valence electrons. The third-order valence-corrected chi connectivity index (χ3v) is 7.40. The number of aromatic nitrogens is 1. The van der Waals surface area contributed by atoms with E-state index in [4.69, 9.17) is 0 Å². The molecule has 33 heavy (non-hydrogen) atoms. The van der Waals surface area contributed by atoms with Crippen molar-refractivity contribution in [3.63, 3.8) is 0 Å². The number of nitrogens with zero attached hydrogens (tertiary/aromatic N) is 1. The van der Waals surface area contributed by atoms with Crippen LogP contribution in [0.25, 0.3) is 45.2 Å². The van der Waals surface area contributed by atoms with Gasteiger partial charge in [-0.3, -0.25) is 4.98 Å². The number of rotatable bonds is 4. The standard InChI is InChI=1S/C31H23NS/c1-3-11-22(12-4-1)24-15-7-8-16-25(24)30-26-17-9-10-18-27(26)31(28-19-20-32-21-29(28)30)33-23-13-5-2-6-14-23/h1-8,11-21H,9-10H2. The Morgan fingerprint density at radius 2 is 1.27 bits per heavy atom. The van der Waals surface area contributed by atoms with E-state index < -0.39 is 0 Å². The third-order valence-electron chi connectivity index (χ3n) is 6.25. The quantitative estimate of drug-likeness (QED) is 0.296. The summed E-state index contributed by atoms with van der Waals surface area (Å²) in [6.45, 7) is 0. The maximum atomic E-state index is 4.57. The van der Waals surface area contributed by atoms with Crippen LogP contribution < -0.4 is 10.4 Å². The summed E-state index contributed by atoms with van der Waals surface area (Å²) >= 11 is 1.86. The van der Waals surface area contributed by atoms with Crippen LogP contribution in [-0.4, -0.2) is 4.98 Å². The molecule has 0 unspecified atom stereocenters. The first-order valence-corrected chi connectivity index (χ1v) is 12.2. The lowest BCUT2D eigenvalue weighted by atomic mass is 9.88. The molecule has 0 amide bonds. The Balaban J connectivity index is 1.70. The number of fused-ring (bicyclic) bond motifs is 2. The van der Waals surface area contributed by atoms with Crippen LogP contribution in [0.2, 0.25) is 0 Å². The van der Waals surface area contributed by atoms with Gasteiger partial charge in [-0.1, -0.05) is 96.7 Å². The highest BCUT2D eigenvalue weighted by Gasteiger charge is 2.18. The van der Waals surface area contributed by atoms with Crippen LogP contribution in [0.5, 0.6) is 0 Å². The molecule has 0 aliphatic heterocycles. The molecule has 1 nitrogen and oxygen atoms in total. The van der Waals surface area contributed by atoms with Gasteiger partial charge in [0.1, 0.15) is 0 Å². The molecular formula is C31H23NS. The van der Waals surface area contributed by atoms with Crippen molar-refractivity contribution in [1.82, 2.24) is 4.98 Å². The van der Waals surface area contributed by atoms with Crippen molar-refractivity contribution in [2.24, 2.45) is 0 Å². The number of pyridine rings is 1. The molecule has 0 radical (unpaired) electrons. The Labute approximate surface area is 198 Å². The van der Waals surface area contributed by atoms with Crippen molar-refractivity contribution in [1.29, 1.82) is 0 Å². The van der Waals surface area contributed by atoms with Crippen LogP contribution in [0.3, 0.4) is 0 Å². The minimum atomic E-state index is 1.06. The first kappa shape index (κ1) is 20.0. The molecule has 0 N–H and O–H groups in total. The second kappa shape index (κ2) is 8.73. The van der Waals surface area contributed by atoms with Gasteiger partial charge in [-0.15, -0.1) is 0 Å². The average molecular weight is 442 g/mol. The highest BCUT2D eigenvalue weighted by molar-refractivity contribution is 7.99. The van der Waals surface area contributed by atoms with E-state index in [-0.39, 0.29) is 0 Å². The maximum Gasteiger partial charge on any atom is 0.0353 e. The van der Waals surface area contributed by atoms with Gasteiger partial charge in [-0.25, -0.2) is 0 Å². The predicted molar refractivity (Wildman–Crippen MR) is 141 cm³/mol. The van der Waals surface area contributed by atoms with Gasteiger partial charge >= 0.3 is 0 Å². The van der Waals surface area contributed by atoms with E-state index in [2.05, 4.69) is 108 Å². The zero-order valence-corrected chi connectivity index (χ0v) is 19.1. The summed E-state index contributed by atoms with van der Waals surface area (Å²) in [6, 6.07) is 32.3. The number of hydrogen-bond donors (Lipinski definition) is 0. The van der Waals surface area contributed by atoms with Gasteiger partial charge < -0.3 is 0 Å². The van der Waals surface area contributed by atoms with E-state index >= 15 is 0 Å². The maximum absolute atomic E-state index is 4.57. The second-order valence-corrected chi connectivity index (χ2v) is 9.35. The Bertz CT molecular complexity index is 1570. The van der Waals surface area contributed by atoms with Gasteiger partial charge in [0.15, 0.2) is 0 Å². The summed E-state index contributed by atoms with van der Waals surface area (Å²) < 4.78 is 0. The molecule has 5 aromatic rings. The second-order valence-electron chi connectivity index (χ2n) is 8.27. The van der Waals surface area contributed by atoms with Crippen molar-refractivity contribution in [2.75, 3.05) is 0 Å². The van der Waals surface area contributed by atoms with Crippen molar-refractivity contribution >= 4 is 34.7 Å². The van der Waals surface area contributed by atoms with Gasteiger partial charge in [0.25, 0.3) is 0 Å². The molecule has 0 bridgehead atoms. The van der Waals surface area contributed by atoms with Gasteiger partial charge in [0.2, 0.25) is 0 Å². The fourth-order valence-corrected chi connectivity index (χ4v) is 5.91. The van der Waals surface area contributed by atoms with Crippen LogP contribution in [0.4, 0.5) is 0 Å². The minimum absolute atomic E-state index is 1.06. The first-order chi connectivity index (χ1) is 16.4. The first-order valence-electron chi connectivity index (χ1n) is 11.4. The zero-order chi connectivity index (χ0) is 22.0. The predicted octanol–water partition coefficient (Wildman–Crippen LogP) is 7.07. The summed E-state index contributed by atoms with van der Waals surface area (Å²) in [5.74, 6) is 0. The highest BCUT2D eigenvalue weighted by atomic mass is 32.2. The molecular weight excluding hydrogens is 418 g/mol. The van der Waals surface area contributed by atoms with Crippen LogP contribution in [0.15, 0.2) is 113 Å². The van der Waals surface area contributed by atoms with E-state index in [0.29, 0.717) is 0 Å². The SMILES string of the molecule is C1=c2c(Sc3ccccc3)c3ccncc3c(-c3ccccc3-c3ccccc3)c2=CCC1. The summed E-state index contributed by atoms with van der Waals surface area (Å²) in [7, 11) is 0. The lowest BCUT2D eigenvalue weighted by Crippen LogP contribution is -2.31. The lowest BCUT2D eigenvalue weighted by molar-refractivity contribution is 1.10. The monoisotopic (exact) mass is 441 g/mol. The molecule has 0 spiro atoms. The van der Waals surface area contributed by atoms with Crippen LogP contribution in [0, 0.1) is 0 Å². The van der Waals surface area contributed by atoms with E-state index in [1.807, 2.05) is 24.2 Å². The van der Waals surface area contributed by atoms with Crippen LogP contribution >= 0.6 is 11.8 Å². The molecule has 1 aliphatic carbocycles. The lowest BCUT2D eigenvalue weighted by Gasteiger charge is -2.18. The minimum Gasteiger partial charge on any atom is -0.264 e. The van der Waals surface area contributed by atoms with E-state index in [1.165, 1.54) is 53.3 Å². The molecule has 6 rings (SSSR count). The van der Waals surface area contributed by atoms with Crippen LogP contribution in [-0.2, 0) is 0 Å². The van der Waals surface area contributed by atoms with E-state index in [0.717, 1.165) is 12.8 Å². The van der Waals surface area contributed by atoms with Gasteiger partial charge in [-0.05, 0) is 69.1 Å². The molecule has 1 aromatic heterocycles. The third kappa shape index (κ3) is 3.67. The van der Waals surface area contributed by atoms with Crippen molar-refractivity contribution in [3.05, 3.63) is 114 Å². The molecule has 0 fully saturated rings. The molecule has 0 atom stereocenters. The van der Waals surface area contributed by atoms with Crippen molar-refractivity contribution < 1.29 is 0 Å². The van der Waals surface area contributed by atoms with Gasteiger partial charge in [0.05, 0.1) is 0 Å². The fourth-order valence-electron chi connectivity index (χ4n) is 4.79. The van der Waals surface area contributed by atoms with E-state index in [1.54, 1.807) is 0 Å². The Morgan fingerprint density at radius 1 is 0.606 bits per heavy atom. The van der Waals surface area contributed by atoms with E-state index in [9.17, 15) is 0 Å². The Hall–Kier alpha value is -3.62. The number of hydrogen-bond acceptors (Lipinski definition) is 2. The van der Waals surface area contributed by atoms with Crippen LogP contribution in [0.1, 0.15) is 12.8 Å². The summed E-state index contributed by atoms with van der Waals surface area (Å²) in [5.41, 5.74) is 5.05. The molecule has 1 aliphatic rings. The van der Waals surface area contributed by atoms with Gasteiger partial charge in [-0.2, -0.15) is 0 Å². The smallest absolute Gasteiger partial charge is 0.0353 e. The molecule has 1 heterocycles. The normalized spacial score (nSPS) is 12.6. The van der Waals surface area contributed by atoms with Crippen molar-refractivity contribution in [2.45, 2.75) is 22.6 Å². The summed E-state index contributed by atoms with van der Waals surface area (Å²) in [5, 5.41) is 5.17. The summed E-state index contributed by atoms with van der Waals surface area (Å²) in [4.78, 5) is 7.15. The molecule has 2 heteroatoms. The molecule has 4 aromatic carbocycles. The Morgan fingerprint density at radius 3 is 2.06 bits per heavy atom. The molecule has 0 saturated heterocycles. The van der Waals surface area contributed by atoms with Gasteiger partial charge in [0, 0.05) is 27.6 Å². The summed E-state index contributed by atoms with van der Waals surface area (Å²) in [6.07, 6.45) is 11.0. The number of benzene rings is 4.